The molecule has 3 rings (SSSR count). The maximum absolute atomic E-state index is 14.2. The maximum Gasteiger partial charge on any atom is 0.252 e. The van der Waals surface area contributed by atoms with Gasteiger partial charge in [-0.15, -0.1) is 0 Å². The quantitative estimate of drug-likeness (QED) is 0.750. The standard InChI is InChI=1S/C20H28FNO3/c1-14(18-8-3-4-9-19(18)21)22(16-10-11-16)20(23)15(2)25-13-17-7-5-6-12-24-17/h3-4,8-9,14-17H,5-7,10-13H2,1-2H3. The Bertz CT molecular complexity index is 584. The van der Waals surface area contributed by atoms with Crippen LogP contribution < -0.4 is 0 Å². The summed E-state index contributed by atoms with van der Waals surface area (Å²) < 4.78 is 25.6. The molecule has 0 radical (unpaired) electrons. The van der Waals surface area contributed by atoms with Crippen LogP contribution in [0.3, 0.4) is 0 Å². The molecule has 1 heterocycles. The van der Waals surface area contributed by atoms with E-state index in [-0.39, 0.29) is 29.9 Å². The van der Waals surface area contributed by atoms with Crippen molar-refractivity contribution in [1.29, 1.82) is 0 Å². The van der Waals surface area contributed by atoms with Crippen LogP contribution >= 0.6 is 0 Å². The summed E-state index contributed by atoms with van der Waals surface area (Å²) in [4.78, 5) is 14.8. The minimum absolute atomic E-state index is 0.0611. The first-order valence-electron chi connectivity index (χ1n) is 9.37. The highest BCUT2D eigenvalue weighted by Crippen LogP contribution is 2.35. The van der Waals surface area contributed by atoms with E-state index in [0.29, 0.717) is 12.2 Å². The van der Waals surface area contributed by atoms with E-state index in [2.05, 4.69) is 0 Å². The second kappa shape index (κ2) is 8.28. The lowest BCUT2D eigenvalue weighted by Gasteiger charge is -2.32. The molecule has 1 aliphatic heterocycles. The molecular weight excluding hydrogens is 321 g/mol. The van der Waals surface area contributed by atoms with Crippen LogP contribution in [0.5, 0.6) is 0 Å². The number of hydrogen-bond acceptors (Lipinski definition) is 3. The molecule has 0 N–H and O–H groups in total. The number of ether oxygens (including phenoxy) is 2. The summed E-state index contributed by atoms with van der Waals surface area (Å²) in [6.45, 7) is 4.90. The third-order valence-electron chi connectivity index (χ3n) is 5.12. The second-order valence-corrected chi connectivity index (χ2v) is 7.14. The molecule has 0 aromatic heterocycles. The number of nitrogens with zero attached hydrogens (tertiary/aromatic N) is 1. The zero-order valence-electron chi connectivity index (χ0n) is 15.1. The summed E-state index contributed by atoms with van der Waals surface area (Å²) in [7, 11) is 0. The molecule has 1 aromatic rings. The summed E-state index contributed by atoms with van der Waals surface area (Å²) in [5, 5.41) is 0. The van der Waals surface area contributed by atoms with Gasteiger partial charge in [0.2, 0.25) is 0 Å². The van der Waals surface area contributed by atoms with Crippen molar-refractivity contribution >= 4 is 5.91 Å². The molecule has 1 saturated heterocycles. The van der Waals surface area contributed by atoms with Crippen molar-refractivity contribution in [3.05, 3.63) is 35.6 Å². The fourth-order valence-corrected chi connectivity index (χ4v) is 3.48. The van der Waals surface area contributed by atoms with Gasteiger partial charge >= 0.3 is 0 Å². The fraction of sp³-hybridized carbons (Fsp3) is 0.650. The van der Waals surface area contributed by atoms with Gasteiger partial charge in [0.1, 0.15) is 11.9 Å². The summed E-state index contributed by atoms with van der Waals surface area (Å²) >= 11 is 0. The topological polar surface area (TPSA) is 38.8 Å². The van der Waals surface area contributed by atoms with Crippen molar-refractivity contribution in [2.75, 3.05) is 13.2 Å². The van der Waals surface area contributed by atoms with Crippen LogP contribution in [0.1, 0.15) is 57.6 Å². The summed E-state index contributed by atoms with van der Waals surface area (Å²) in [6, 6.07) is 6.58. The monoisotopic (exact) mass is 349 g/mol. The predicted molar refractivity (Wildman–Crippen MR) is 93.7 cm³/mol. The van der Waals surface area contributed by atoms with E-state index in [1.54, 1.807) is 19.1 Å². The molecule has 1 saturated carbocycles. The Labute approximate surface area is 149 Å². The number of carbonyl (C=O) groups is 1. The summed E-state index contributed by atoms with van der Waals surface area (Å²) in [6.07, 6.45) is 4.73. The normalized spacial score (nSPS) is 23.1. The average Bonchev–Trinajstić information content (AvgIpc) is 3.46. The minimum atomic E-state index is -0.541. The van der Waals surface area contributed by atoms with Crippen LogP contribution in [0.4, 0.5) is 4.39 Å². The van der Waals surface area contributed by atoms with Crippen LogP contribution in [-0.4, -0.2) is 42.3 Å². The number of carbonyl (C=O) groups excluding carboxylic acids is 1. The van der Waals surface area contributed by atoms with E-state index in [1.807, 2.05) is 17.9 Å². The first kappa shape index (κ1) is 18.3. The Morgan fingerprint density at radius 1 is 1.28 bits per heavy atom. The highest BCUT2D eigenvalue weighted by molar-refractivity contribution is 5.81. The molecule has 2 fully saturated rings. The van der Waals surface area contributed by atoms with E-state index in [1.165, 1.54) is 6.07 Å². The highest BCUT2D eigenvalue weighted by Gasteiger charge is 2.39. The zero-order valence-corrected chi connectivity index (χ0v) is 15.1. The first-order valence-corrected chi connectivity index (χ1v) is 9.37. The number of hydrogen-bond donors (Lipinski definition) is 0. The molecule has 1 amide bonds. The van der Waals surface area contributed by atoms with Gasteiger partial charge < -0.3 is 14.4 Å². The molecule has 25 heavy (non-hydrogen) atoms. The average molecular weight is 349 g/mol. The Morgan fingerprint density at radius 2 is 2.04 bits per heavy atom. The van der Waals surface area contributed by atoms with E-state index in [0.717, 1.165) is 38.7 Å². The summed E-state index contributed by atoms with van der Waals surface area (Å²) in [5.74, 6) is -0.327. The Hall–Kier alpha value is -1.46. The molecule has 3 unspecified atom stereocenters. The van der Waals surface area contributed by atoms with Gasteiger partial charge in [-0.25, -0.2) is 4.39 Å². The van der Waals surface area contributed by atoms with Crippen molar-refractivity contribution in [2.45, 2.75) is 70.2 Å². The predicted octanol–water partition coefficient (Wildman–Crippen LogP) is 3.85. The zero-order chi connectivity index (χ0) is 17.8. The molecule has 4 nitrogen and oxygen atoms in total. The molecule has 1 aromatic carbocycles. The van der Waals surface area contributed by atoms with Gasteiger partial charge in [0.05, 0.1) is 18.8 Å². The molecule has 0 bridgehead atoms. The SMILES string of the molecule is CC(OCC1CCCCO1)C(=O)N(C1CC1)C(C)c1ccccc1F. The van der Waals surface area contributed by atoms with Gasteiger partial charge in [0, 0.05) is 18.2 Å². The molecular formula is C20H28FNO3. The molecule has 0 spiro atoms. The van der Waals surface area contributed by atoms with Crippen molar-refractivity contribution in [1.82, 2.24) is 4.90 Å². The van der Waals surface area contributed by atoms with Crippen LogP contribution in [-0.2, 0) is 14.3 Å². The van der Waals surface area contributed by atoms with Crippen LogP contribution in [0.15, 0.2) is 24.3 Å². The van der Waals surface area contributed by atoms with Gasteiger partial charge in [0.25, 0.3) is 5.91 Å². The van der Waals surface area contributed by atoms with Crippen molar-refractivity contribution in [2.24, 2.45) is 0 Å². The lowest BCUT2D eigenvalue weighted by Crippen LogP contribution is -2.43. The van der Waals surface area contributed by atoms with Gasteiger partial charge in [-0.05, 0) is 52.0 Å². The smallest absolute Gasteiger partial charge is 0.252 e. The third-order valence-corrected chi connectivity index (χ3v) is 5.12. The minimum Gasteiger partial charge on any atom is -0.376 e. The molecule has 5 heteroatoms. The van der Waals surface area contributed by atoms with E-state index in [4.69, 9.17) is 9.47 Å². The highest BCUT2D eigenvalue weighted by atomic mass is 19.1. The van der Waals surface area contributed by atoms with E-state index in [9.17, 15) is 9.18 Å². The molecule has 1 aliphatic carbocycles. The van der Waals surface area contributed by atoms with Crippen molar-refractivity contribution in [3.8, 4) is 0 Å². The molecule has 138 valence electrons. The van der Waals surface area contributed by atoms with E-state index >= 15 is 0 Å². The summed E-state index contributed by atoms with van der Waals surface area (Å²) in [5.41, 5.74) is 0.561. The lowest BCUT2D eigenvalue weighted by atomic mass is 10.1. The third kappa shape index (κ3) is 4.59. The lowest BCUT2D eigenvalue weighted by molar-refractivity contribution is -0.149. The molecule has 3 atom stereocenters. The van der Waals surface area contributed by atoms with E-state index < -0.39 is 6.10 Å². The largest absolute Gasteiger partial charge is 0.376 e. The Kier molecular flexibility index (Phi) is 6.07. The van der Waals surface area contributed by atoms with Crippen LogP contribution in [0.25, 0.3) is 0 Å². The van der Waals surface area contributed by atoms with Gasteiger partial charge in [-0.1, -0.05) is 18.2 Å². The number of rotatable bonds is 7. The van der Waals surface area contributed by atoms with Crippen molar-refractivity contribution in [3.63, 3.8) is 0 Å². The Balaban J connectivity index is 1.63. The number of halogens is 1. The van der Waals surface area contributed by atoms with Gasteiger partial charge in [0.15, 0.2) is 0 Å². The molecule has 2 aliphatic rings. The van der Waals surface area contributed by atoms with Crippen LogP contribution in [0, 0.1) is 5.82 Å². The Morgan fingerprint density at radius 3 is 2.68 bits per heavy atom. The maximum atomic E-state index is 14.2. The number of benzene rings is 1. The van der Waals surface area contributed by atoms with Crippen molar-refractivity contribution < 1.29 is 18.7 Å². The van der Waals surface area contributed by atoms with Crippen LogP contribution in [0.2, 0.25) is 0 Å². The first-order chi connectivity index (χ1) is 12.1. The fourth-order valence-electron chi connectivity index (χ4n) is 3.48. The van der Waals surface area contributed by atoms with Gasteiger partial charge in [-0.3, -0.25) is 4.79 Å². The van der Waals surface area contributed by atoms with Gasteiger partial charge in [-0.2, -0.15) is 0 Å². The second-order valence-electron chi connectivity index (χ2n) is 7.14. The number of amides is 1.